The number of halogens is 2. The average molecular weight is 385 g/mol. The number of carboxylic acid groups (broad SMARTS) is 1. The molecule has 7 nitrogen and oxygen atoms in total. The Kier molecular flexibility index (Phi) is 6.27. The lowest BCUT2D eigenvalue weighted by molar-refractivity contribution is -0.141. The maximum absolute atomic E-state index is 12.2. The summed E-state index contributed by atoms with van der Waals surface area (Å²) in [7, 11) is 1.53. The van der Waals surface area contributed by atoms with Crippen molar-refractivity contribution in [3.8, 4) is 0 Å². The first-order valence-corrected chi connectivity index (χ1v) is 8.24. The Morgan fingerprint density at radius 3 is 2.76 bits per heavy atom. The van der Waals surface area contributed by atoms with Crippen molar-refractivity contribution in [3.63, 3.8) is 0 Å². The third kappa shape index (κ3) is 4.87. The molecule has 0 radical (unpaired) electrons. The fourth-order valence-electron chi connectivity index (χ4n) is 2.17. The molecule has 25 heavy (non-hydrogen) atoms. The minimum absolute atomic E-state index is 0.0927. The molecule has 134 valence electrons. The molecule has 0 aliphatic carbocycles. The molecule has 9 heteroatoms. The molecule has 2 rings (SSSR count). The van der Waals surface area contributed by atoms with Crippen LogP contribution in [-0.2, 0) is 11.3 Å². The molecular formula is C16H18Cl2N4O3. The van der Waals surface area contributed by atoms with Gasteiger partial charge in [0.2, 0.25) is 0 Å². The van der Waals surface area contributed by atoms with Gasteiger partial charge in [-0.2, -0.15) is 5.10 Å². The van der Waals surface area contributed by atoms with Gasteiger partial charge < -0.3 is 10.0 Å². The summed E-state index contributed by atoms with van der Waals surface area (Å²) in [4.78, 5) is 24.4. The number of urea groups is 1. The number of rotatable bonds is 6. The van der Waals surface area contributed by atoms with Gasteiger partial charge in [-0.25, -0.2) is 9.48 Å². The van der Waals surface area contributed by atoms with Crippen LogP contribution in [-0.4, -0.2) is 45.4 Å². The van der Waals surface area contributed by atoms with Crippen molar-refractivity contribution in [2.75, 3.05) is 18.9 Å². The number of carbonyl (C=O) groups excluding carboxylic acids is 1. The highest BCUT2D eigenvalue weighted by atomic mass is 35.5. The number of aliphatic carboxylic acids is 1. The lowest BCUT2D eigenvalue weighted by Crippen LogP contribution is -2.37. The second-order valence-electron chi connectivity index (χ2n) is 5.64. The summed E-state index contributed by atoms with van der Waals surface area (Å²) in [6.07, 6.45) is 1.55. The summed E-state index contributed by atoms with van der Waals surface area (Å²) in [5.74, 6) is -1.15. The zero-order valence-corrected chi connectivity index (χ0v) is 15.3. The van der Waals surface area contributed by atoms with Crippen LogP contribution in [0, 0.1) is 5.92 Å². The standard InChI is InChI=1S/C16H18Cl2N4O3/c1-10(15(23)24)8-21(2)16(25)20-13-6-7-19-22(13)9-11-4-3-5-12(17)14(11)18/h3-7,10H,8-9H2,1-2H3,(H,20,25)(H,23,24). The molecule has 0 saturated heterocycles. The zero-order chi connectivity index (χ0) is 18.6. The first-order valence-electron chi connectivity index (χ1n) is 7.49. The highest BCUT2D eigenvalue weighted by Gasteiger charge is 2.18. The maximum Gasteiger partial charge on any atom is 0.322 e. The number of carbonyl (C=O) groups is 2. The number of carboxylic acids is 1. The van der Waals surface area contributed by atoms with Crippen molar-refractivity contribution in [2.24, 2.45) is 5.92 Å². The van der Waals surface area contributed by atoms with Crippen LogP contribution < -0.4 is 5.32 Å². The van der Waals surface area contributed by atoms with Gasteiger partial charge in [0.25, 0.3) is 0 Å². The Bertz CT molecular complexity index is 778. The molecule has 0 saturated carbocycles. The van der Waals surface area contributed by atoms with Gasteiger partial charge in [-0.15, -0.1) is 0 Å². The van der Waals surface area contributed by atoms with Crippen LogP contribution in [0.4, 0.5) is 10.6 Å². The Morgan fingerprint density at radius 2 is 2.08 bits per heavy atom. The normalized spacial score (nSPS) is 11.8. The molecule has 0 fully saturated rings. The molecule has 0 bridgehead atoms. The number of hydrogen-bond acceptors (Lipinski definition) is 3. The Balaban J connectivity index is 2.07. The summed E-state index contributed by atoms with van der Waals surface area (Å²) >= 11 is 12.2. The van der Waals surface area contributed by atoms with E-state index in [9.17, 15) is 9.59 Å². The first kappa shape index (κ1) is 19.1. The van der Waals surface area contributed by atoms with E-state index in [1.54, 1.807) is 29.1 Å². The van der Waals surface area contributed by atoms with E-state index in [2.05, 4.69) is 10.4 Å². The smallest absolute Gasteiger partial charge is 0.322 e. The van der Waals surface area contributed by atoms with Gasteiger partial charge in [0, 0.05) is 19.7 Å². The minimum atomic E-state index is -0.958. The average Bonchev–Trinajstić information content (AvgIpc) is 2.98. The summed E-state index contributed by atoms with van der Waals surface area (Å²) < 4.78 is 1.57. The summed E-state index contributed by atoms with van der Waals surface area (Å²) in [5, 5.41) is 16.7. The molecular weight excluding hydrogens is 367 g/mol. The topological polar surface area (TPSA) is 87.5 Å². The lowest BCUT2D eigenvalue weighted by atomic mass is 10.2. The number of hydrogen-bond donors (Lipinski definition) is 2. The first-order chi connectivity index (χ1) is 11.8. The van der Waals surface area contributed by atoms with Gasteiger partial charge >= 0.3 is 12.0 Å². The lowest BCUT2D eigenvalue weighted by Gasteiger charge is -2.20. The summed E-state index contributed by atoms with van der Waals surface area (Å²) in [6, 6.07) is 6.52. The molecule has 2 aromatic rings. The minimum Gasteiger partial charge on any atom is -0.481 e. The highest BCUT2D eigenvalue weighted by molar-refractivity contribution is 6.42. The Morgan fingerprint density at radius 1 is 1.36 bits per heavy atom. The van der Waals surface area contributed by atoms with Crippen LogP contribution in [0.3, 0.4) is 0 Å². The molecule has 1 unspecified atom stereocenters. The van der Waals surface area contributed by atoms with E-state index in [1.807, 2.05) is 6.07 Å². The monoisotopic (exact) mass is 384 g/mol. The Hall–Kier alpha value is -2.25. The largest absolute Gasteiger partial charge is 0.481 e. The highest BCUT2D eigenvalue weighted by Crippen LogP contribution is 2.26. The number of anilines is 1. The molecule has 2 N–H and O–H groups in total. The molecule has 0 aliphatic rings. The fourth-order valence-corrected chi connectivity index (χ4v) is 2.55. The van der Waals surface area contributed by atoms with Crippen LogP contribution in [0.5, 0.6) is 0 Å². The number of benzene rings is 1. The SMILES string of the molecule is CC(CN(C)C(=O)Nc1ccnn1Cc1cccc(Cl)c1Cl)C(=O)O. The zero-order valence-electron chi connectivity index (χ0n) is 13.7. The second kappa shape index (κ2) is 8.22. The van der Waals surface area contributed by atoms with Crippen LogP contribution in [0.15, 0.2) is 30.5 Å². The van der Waals surface area contributed by atoms with Crippen LogP contribution in [0.25, 0.3) is 0 Å². The number of nitrogens with zero attached hydrogens (tertiary/aromatic N) is 3. The number of aromatic nitrogens is 2. The molecule has 2 amide bonds. The van der Waals surface area contributed by atoms with Gasteiger partial charge in [-0.3, -0.25) is 10.1 Å². The fraction of sp³-hybridized carbons (Fsp3) is 0.312. The van der Waals surface area contributed by atoms with E-state index in [1.165, 1.54) is 18.9 Å². The van der Waals surface area contributed by atoms with Crippen molar-refractivity contribution in [1.82, 2.24) is 14.7 Å². The van der Waals surface area contributed by atoms with Crippen molar-refractivity contribution in [1.29, 1.82) is 0 Å². The van der Waals surface area contributed by atoms with E-state index in [-0.39, 0.29) is 6.54 Å². The van der Waals surface area contributed by atoms with Gasteiger partial charge in [0.15, 0.2) is 0 Å². The van der Waals surface area contributed by atoms with E-state index in [4.69, 9.17) is 28.3 Å². The van der Waals surface area contributed by atoms with E-state index < -0.39 is 17.9 Å². The van der Waals surface area contributed by atoms with Crippen LogP contribution in [0.1, 0.15) is 12.5 Å². The quantitative estimate of drug-likeness (QED) is 0.798. The van der Waals surface area contributed by atoms with E-state index in [0.29, 0.717) is 22.4 Å². The maximum atomic E-state index is 12.2. The van der Waals surface area contributed by atoms with Crippen LogP contribution in [0.2, 0.25) is 10.0 Å². The predicted octanol–water partition coefficient (Wildman–Crippen LogP) is 3.42. The van der Waals surface area contributed by atoms with Gasteiger partial charge in [-0.05, 0) is 11.6 Å². The predicted molar refractivity (Wildman–Crippen MR) is 96.2 cm³/mol. The van der Waals surface area contributed by atoms with Crippen molar-refractivity contribution < 1.29 is 14.7 Å². The molecule has 0 aliphatic heterocycles. The number of nitrogens with one attached hydrogen (secondary N) is 1. The van der Waals surface area contributed by atoms with Crippen LogP contribution >= 0.6 is 23.2 Å². The summed E-state index contributed by atoms with van der Waals surface area (Å²) in [5.41, 5.74) is 0.765. The molecule has 1 aromatic heterocycles. The van der Waals surface area contributed by atoms with Gasteiger partial charge in [0.1, 0.15) is 5.82 Å². The van der Waals surface area contributed by atoms with Gasteiger partial charge in [0.05, 0.1) is 28.7 Å². The van der Waals surface area contributed by atoms with Crippen molar-refractivity contribution in [2.45, 2.75) is 13.5 Å². The second-order valence-corrected chi connectivity index (χ2v) is 6.42. The third-order valence-electron chi connectivity index (χ3n) is 3.62. The van der Waals surface area contributed by atoms with Gasteiger partial charge in [-0.1, -0.05) is 42.3 Å². The molecule has 0 spiro atoms. The number of amides is 2. The Labute approximate surface area is 155 Å². The molecule has 1 atom stereocenters. The third-order valence-corrected chi connectivity index (χ3v) is 4.48. The molecule has 1 aromatic carbocycles. The van der Waals surface area contributed by atoms with Crippen molar-refractivity contribution in [3.05, 3.63) is 46.1 Å². The van der Waals surface area contributed by atoms with E-state index in [0.717, 1.165) is 5.56 Å². The van der Waals surface area contributed by atoms with Crippen molar-refractivity contribution >= 4 is 41.0 Å². The molecule has 1 heterocycles. The van der Waals surface area contributed by atoms with E-state index >= 15 is 0 Å². The summed E-state index contributed by atoms with van der Waals surface area (Å²) in [6.45, 7) is 1.96.